The van der Waals surface area contributed by atoms with Crippen molar-refractivity contribution in [3.8, 4) is 0 Å². The fourth-order valence-electron chi connectivity index (χ4n) is 3.37. The molecule has 2 aliphatic rings. The molecule has 0 aromatic heterocycles. The first-order valence-corrected chi connectivity index (χ1v) is 8.36. The van der Waals surface area contributed by atoms with Gasteiger partial charge in [0.1, 0.15) is 0 Å². The van der Waals surface area contributed by atoms with Crippen LogP contribution in [0.4, 0.5) is 0 Å². The second-order valence-electron chi connectivity index (χ2n) is 6.81. The number of hydrogen-bond donors (Lipinski definition) is 2. The van der Waals surface area contributed by atoms with Crippen molar-refractivity contribution < 1.29 is 14.7 Å². The van der Waals surface area contributed by atoms with E-state index in [0.29, 0.717) is 39.0 Å². The molecule has 1 saturated carbocycles. The fraction of sp³-hybridized carbons (Fsp3) is 0.556. The van der Waals surface area contributed by atoms with E-state index in [1.807, 2.05) is 18.2 Å². The summed E-state index contributed by atoms with van der Waals surface area (Å²) in [5.41, 5.74) is 1.44. The lowest BCUT2D eigenvalue weighted by atomic mass is 9.96. The second kappa shape index (κ2) is 7.99. The Hall–Kier alpha value is -1.59. The lowest BCUT2D eigenvalue weighted by molar-refractivity contribution is -0.143. The Balaban J connectivity index is 0.00000208. The maximum Gasteiger partial charge on any atom is 0.306 e. The summed E-state index contributed by atoms with van der Waals surface area (Å²) < 4.78 is 0. The maximum absolute atomic E-state index is 12.2. The van der Waals surface area contributed by atoms with Gasteiger partial charge in [0.25, 0.3) is 0 Å². The van der Waals surface area contributed by atoms with Crippen LogP contribution in [0.15, 0.2) is 30.3 Å². The number of nitrogens with one attached hydrogen (secondary N) is 1. The molecule has 1 aromatic rings. The minimum Gasteiger partial charge on any atom is -0.481 e. The van der Waals surface area contributed by atoms with Crippen molar-refractivity contribution in [1.29, 1.82) is 0 Å². The molecule has 1 saturated heterocycles. The Labute approximate surface area is 148 Å². The molecule has 0 unspecified atom stereocenters. The Bertz CT molecular complexity index is 567. The summed E-state index contributed by atoms with van der Waals surface area (Å²) in [6.07, 6.45) is 3.52. The van der Waals surface area contributed by atoms with Gasteiger partial charge in [-0.15, -0.1) is 12.4 Å². The van der Waals surface area contributed by atoms with Gasteiger partial charge >= 0.3 is 5.97 Å². The fourth-order valence-corrected chi connectivity index (χ4v) is 3.37. The molecule has 132 valence electrons. The normalized spacial score (nSPS) is 20.0. The number of hydrogen-bond acceptors (Lipinski definition) is 3. The summed E-state index contributed by atoms with van der Waals surface area (Å²) in [4.78, 5) is 25.2. The SMILES string of the molecule is Cl.O=C(CN1CCC(C(=O)O)CC1)NCC1(c2ccccc2)CC1. The molecule has 1 aliphatic carbocycles. The van der Waals surface area contributed by atoms with Crippen molar-refractivity contribution in [2.24, 2.45) is 5.92 Å². The highest BCUT2D eigenvalue weighted by Gasteiger charge is 2.44. The Kier molecular flexibility index (Phi) is 6.24. The third kappa shape index (κ3) is 4.48. The maximum atomic E-state index is 12.2. The second-order valence-corrected chi connectivity index (χ2v) is 6.81. The molecule has 1 aromatic carbocycles. The number of amides is 1. The third-order valence-corrected chi connectivity index (χ3v) is 5.17. The van der Waals surface area contributed by atoms with Crippen LogP contribution in [0.2, 0.25) is 0 Å². The zero-order valence-electron chi connectivity index (χ0n) is 13.7. The first-order valence-electron chi connectivity index (χ1n) is 8.36. The van der Waals surface area contributed by atoms with Gasteiger partial charge in [0, 0.05) is 12.0 Å². The van der Waals surface area contributed by atoms with E-state index in [9.17, 15) is 9.59 Å². The minimum absolute atomic E-state index is 0. The number of nitrogens with zero attached hydrogens (tertiary/aromatic N) is 1. The van der Waals surface area contributed by atoms with Crippen LogP contribution in [0.5, 0.6) is 0 Å². The third-order valence-electron chi connectivity index (χ3n) is 5.17. The number of halogens is 1. The van der Waals surface area contributed by atoms with Crippen LogP contribution < -0.4 is 5.32 Å². The topological polar surface area (TPSA) is 69.6 Å². The smallest absolute Gasteiger partial charge is 0.306 e. The Morgan fingerprint density at radius 1 is 1.17 bits per heavy atom. The van der Waals surface area contributed by atoms with Crippen LogP contribution in [0.3, 0.4) is 0 Å². The molecule has 0 atom stereocenters. The van der Waals surface area contributed by atoms with Gasteiger partial charge in [0.2, 0.25) is 5.91 Å². The largest absolute Gasteiger partial charge is 0.481 e. The van der Waals surface area contributed by atoms with E-state index in [-0.39, 0.29) is 29.6 Å². The molecule has 5 nitrogen and oxygen atoms in total. The first kappa shape index (κ1) is 18.7. The van der Waals surface area contributed by atoms with Crippen LogP contribution in [-0.4, -0.2) is 48.1 Å². The molecule has 3 rings (SSSR count). The van der Waals surface area contributed by atoms with Gasteiger partial charge in [-0.2, -0.15) is 0 Å². The molecule has 1 amide bonds. The molecule has 0 radical (unpaired) electrons. The van der Waals surface area contributed by atoms with Crippen molar-refractivity contribution in [1.82, 2.24) is 10.2 Å². The monoisotopic (exact) mass is 352 g/mol. The number of benzene rings is 1. The summed E-state index contributed by atoms with van der Waals surface area (Å²) in [5.74, 6) is -0.921. The van der Waals surface area contributed by atoms with E-state index in [4.69, 9.17) is 5.11 Å². The average Bonchev–Trinajstić information content (AvgIpc) is 3.36. The minimum atomic E-state index is -0.715. The Morgan fingerprint density at radius 2 is 1.79 bits per heavy atom. The average molecular weight is 353 g/mol. The lowest BCUT2D eigenvalue weighted by Crippen LogP contribution is -2.44. The molecule has 2 N–H and O–H groups in total. The van der Waals surface area contributed by atoms with E-state index >= 15 is 0 Å². The molecular weight excluding hydrogens is 328 g/mol. The number of aliphatic carboxylic acids is 1. The van der Waals surface area contributed by atoms with Gasteiger partial charge in [-0.3, -0.25) is 14.5 Å². The van der Waals surface area contributed by atoms with Crippen molar-refractivity contribution in [2.75, 3.05) is 26.2 Å². The summed E-state index contributed by atoms with van der Waals surface area (Å²) in [6, 6.07) is 10.4. The van der Waals surface area contributed by atoms with Gasteiger partial charge in [-0.1, -0.05) is 30.3 Å². The van der Waals surface area contributed by atoms with E-state index < -0.39 is 5.97 Å². The number of carboxylic acids is 1. The highest BCUT2D eigenvalue weighted by atomic mass is 35.5. The zero-order valence-corrected chi connectivity index (χ0v) is 14.6. The van der Waals surface area contributed by atoms with Gasteiger partial charge < -0.3 is 10.4 Å². The van der Waals surface area contributed by atoms with Crippen LogP contribution in [-0.2, 0) is 15.0 Å². The number of rotatable bonds is 6. The summed E-state index contributed by atoms with van der Waals surface area (Å²) in [5, 5.41) is 12.1. The molecule has 1 heterocycles. The van der Waals surface area contributed by atoms with Gasteiger partial charge in [-0.05, 0) is 44.3 Å². The van der Waals surface area contributed by atoms with Gasteiger partial charge in [0.15, 0.2) is 0 Å². The number of carboxylic acid groups (broad SMARTS) is 1. The van der Waals surface area contributed by atoms with Crippen molar-refractivity contribution in [2.45, 2.75) is 31.1 Å². The van der Waals surface area contributed by atoms with Crippen molar-refractivity contribution >= 4 is 24.3 Å². The molecule has 0 spiro atoms. The molecule has 0 bridgehead atoms. The van der Waals surface area contributed by atoms with Gasteiger partial charge in [-0.25, -0.2) is 0 Å². The molecule has 1 aliphatic heterocycles. The van der Waals surface area contributed by atoms with E-state index in [1.54, 1.807) is 0 Å². The number of carbonyl (C=O) groups excluding carboxylic acids is 1. The Morgan fingerprint density at radius 3 is 2.33 bits per heavy atom. The van der Waals surface area contributed by atoms with Crippen LogP contribution in [0.1, 0.15) is 31.2 Å². The van der Waals surface area contributed by atoms with Crippen LogP contribution >= 0.6 is 12.4 Å². The predicted octanol–water partition coefficient (Wildman–Crippen LogP) is 2.05. The predicted molar refractivity (Wildman–Crippen MR) is 94.4 cm³/mol. The van der Waals surface area contributed by atoms with Crippen LogP contribution in [0.25, 0.3) is 0 Å². The van der Waals surface area contributed by atoms with Crippen LogP contribution in [0, 0.1) is 5.92 Å². The number of likely N-dealkylation sites (tertiary alicyclic amines) is 1. The molecule has 24 heavy (non-hydrogen) atoms. The highest BCUT2D eigenvalue weighted by molar-refractivity contribution is 5.85. The van der Waals surface area contributed by atoms with Crippen molar-refractivity contribution in [3.63, 3.8) is 0 Å². The number of carbonyl (C=O) groups is 2. The molecule has 6 heteroatoms. The summed E-state index contributed by atoms with van der Waals surface area (Å²) in [7, 11) is 0. The quantitative estimate of drug-likeness (QED) is 0.822. The van der Waals surface area contributed by atoms with E-state index in [1.165, 1.54) is 5.56 Å². The molecular formula is C18H25ClN2O3. The van der Waals surface area contributed by atoms with E-state index in [0.717, 1.165) is 12.8 Å². The van der Waals surface area contributed by atoms with Gasteiger partial charge in [0.05, 0.1) is 12.5 Å². The highest BCUT2D eigenvalue weighted by Crippen LogP contribution is 2.47. The van der Waals surface area contributed by atoms with Crippen molar-refractivity contribution in [3.05, 3.63) is 35.9 Å². The summed E-state index contributed by atoms with van der Waals surface area (Å²) in [6.45, 7) is 2.45. The zero-order chi connectivity index (χ0) is 16.3. The first-order chi connectivity index (χ1) is 11.1. The number of piperidine rings is 1. The van der Waals surface area contributed by atoms with E-state index in [2.05, 4.69) is 22.3 Å². The standard InChI is InChI=1S/C18H24N2O3.ClH/c21-16(12-20-10-6-14(7-11-20)17(22)23)19-13-18(8-9-18)15-4-2-1-3-5-15;/h1-5,14H,6-13H2,(H,19,21)(H,22,23);1H. The lowest BCUT2D eigenvalue weighted by Gasteiger charge is -2.29. The summed E-state index contributed by atoms with van der Waals surface area (Å²) >= 11 is 0. The molecule has 2 fully saturated rings.